The Hall–Kier alpha value is -1.51. The molecule has 3 nitrogen and oxygen atoms in total. The van der Waals surface area contributed by atoms with Gasteiger partial charge in [0.1, 0.15) is 0 Å². The van der Waals surface area contributed by atoms with Crippen LogP contribution < -0.4 is 4.90 Å². The number of carboxylic acid groups (broad SMARTS) is 1. The standard InChI is InChI=1S/C17H23NO2/c1-12(17(19)20)15-8-4-7-14-9-10-18(16(14)15)11-13-5-2-3-6-13/h4,7-8,12-13H,2-3,5-6,9-11H2,1H3,(H,19,20). The third kappa shape index (κ3) is 2.41. The summed E-state index contributed by atoms with van der Waals surface area (Å²) < 4.78 is 0. The number of fused-ring (bicyclic) bond motifs is 1. The summed E-state index contributed by atoms with van der Waals surface area (Å²) in [6.45, 7) is 3.95. The third-order valence-corrected chi connectivity index (χ3v) is 4.91. The predicted molar refractivity (Wildman–Crippen MR) is 80.4 cm³/mol. The Morgan fingerprint density at radius 2 is 2.15 bits per heavy atom. The number of carbonyl (C=O) groups is 1. The summed E-state index contributed by atoms with van der Waals surface area (Å²) in [4.78, 5) is 13.8. The minimum absolute atomic E-state index is 0.422. The summed E-state index contributed by atoms with van der Waals surface area (Å²) in [5.74, 6) is -0.352. The molecule has 1 aliphatic carbocycles. The molecule has 3 rings (SSSR count). The van der Waals surface area contributed by atoms with Gasteiger partial charge in [0.2, 0.25) is 0 Å². The zero-order chi connectivity index (χ0) is 14.1. The van der Waals surface area contributed by atoms with Crippen LogP contribution in [0.15, 0.2) is 18.2 Å². The first-order valence-electron chi connectivity index (χ1n) is 7.76. The number of rotatable bonds is 4. The molecular weight excluding hydrogens is 250 g/mol. The van der Waals surface area contributed by atoms with Crippen molar-refractivity contribution in [3.63, 3.8) is 0 Å². The normalized spacial score (nSPS) is 20.1. The summed E-state index contributed by atoms with van der Waals surface area (Å²) in [6, 6.07) is 6.15. The van der Waals surface area contributed by atoms with Crippen molar-refractivity contribution in [2.24, 2.45) is 5.92 Å². The second-order valence-corrected chi connectivity index (χ2v) is 6.26. The number of benzene rings is 1. The van der Waals surface area contributed by atoms with Gasteiger partial charge in [0.05, 0.1) is 5.92 Å². The molecular formula is C17H23NO2. The summed E-state index contributed by atoms with van der Waals surface area (Å²) in [5.41, 5.74) is 3.54. The molecule has 0 saturated heterocycles. The van der Waals surface area contributed by atoms with Gasteiger partial charge in [-0.05, 0) is 43.2 Å². The average molecular weight is 273 g/mol. The largest absolute Gasteiger partial charge is 0.481 e. The highest BCUT2D eigenvalue weighted by Gasteiger charge is 2.29. The van der Waals surface area contributed by atoms with Crippen LogP contribution in [0.25, 0.3) is 0 Å². The Balaban J connectivity index is 1.88. The lowest BCUT2D eigenvalue weighted by Crippen LogP contribution is -2.28. The molecule has 1 aromatic carbocycles. The molecule has 2 aliphatic rings. The molecule has 0 amide bonds. The smallest absolute Gasteiger partial charge is 0.310 e. The molecule has 0 radical (unpaired) electrons. The lowest BCUT2D eigenvalue weighted by molar-refractivity contribution is -0.138. The van der Waals surface area contributed by atoms with Crippen molar-refractivity contribution in [3.8, 4) is 0 Å². The van der Waals surface area contributed by atoms with Crippen LogP contribution >= 0.6 is 0 Å². The predicted octanol–water partition coefficient (Wildman–Crippen LogP) is 3.43. The monoisotopic (exact) mass is 273 g/mol. The van der Waals surface area contributed by atoms with Gasteiger partial charge in [-0.1, -0.05) is 31.0 Å². The minimum atomic E-state index is -0.730. The first kappa shape index (κ1) is 13.5. The first-order chi connectivity index (χ1) is 9.66. The summed E-state index contributed by atoms with van der Waals surface area (Å²) >= 11 is 0. The van der Waals surface area contributed by atoms with E-state index in [1.54, 1.807) is 6.92 Å². The van der Waals surface area contributed by atoms with Gasteiger partial charge in [0.15, 0.2) is 0 Å². The van der Waals surface area contributed by atoms with Crippen LogP contribution in [0.1, 0.15) is 49.7 Å². The molecule has 3 heteroatoms. The fourth-order valence-electron chi connectivity index (χ4n) is 3.74. The molecule has 20 heavy (non-hydrogen) atoms. The van der Waals surface area contributed by atoms with Crippen LogP contribution in [0.4, 0.5) is 5.69 Å². The van der Waals surface area contributed by atoms with Gasteiger partial charge in [0, 0.05) is 18.8 Å². The Labute approximate surface area is 120 Å². The van der Waals surface area contributed by atoms with Gasteiger partial charge in [-0.2, -0.15) is 0 Å². The third-order valence-electron chi connectivity index (χ3n) is 4.91. The molecule has 1 atom stereocenters. The van der Waals surface area contributed by atoms with Crippen molar-refractivity contribution < 1.29 is 9.90 Å². The van der Waals surface area contributed by atoms with Crippen LogP contribution in [0.5, 0.6) is 0 Å². The summed E-state index contributed by atoms with van der Waals surface area (Å²) in [5, 5.41) is 9.32. The van der Waals surface area contributed by atoms with Gasteiger partial charge >= 0.3 is 5.97 Å². The van der Waals surface area contributed by atoms with Gasteiger partial charge in [-0.15, -0.1) is 0 Å². The number of hydrogen-bond donors (Lipinski definition) is 1. The van der Waals surface area contributed by atoms with E-state index in [0.29, 0.717) is 0 Å². The Kier molecular flexibility index (Phi) is 3.68. The second-order valence-electron chi connectivity index (χ2n) is 6.26. The summed E-state index contributed by atoms with van der Waals surface area (Å²) in [6.07, 6.45) is 6.45. The number of para-hydroxylation sites is 1. The zero-order valence-corrected chi connectivity index (χ0v) is 12.1. The van der Waals surface area contributed by atoms with Crippen LogP contribution in [-0.4, -0.2) is 24.2 Å². The molecule has 1 N–H and O–H groups in total. The molecule has 108 valence electrons. The maximum Gasteiger partial charge on any atom is 0.310 e. The SMILES string of the molecule is CC(C(=O)O)c1cccc2c1N(CC1CCCC1)CC2. The lowest BCUT2D eigenvalue weighted by atomic mass is 9.96. The maximum absolute atomic E-state index is 11.3. The van der Waals surface area contributed by atoms with Crippen LogP contribution in [0.3, 0.4) is 0 Å². The Bertz CT molecular complexity index is 506. The lowest BCUT2D eigenvalue weighted by Gasteiger charge is -2.26. The van der Waals surface area contributed by atoms with Crippen molar-refractivity contribution in [1.29, 1.82) is 0 Å². The van der Waals surface area contributed by atoms with E-state index in [9.17, 15) is 9.90 Å². The number of anilines is 1. The van der Waals surface area contributed by atoms with Gasteiger partial charge < -0.3 is 10.0 Å². The van der Waals surface area contributed by atoms with Gasteiger partial charge in [-0.3, -0.25) is 4.79 Å². The molecule has 0 spiro atoms. The van der Waals surface area contributed by atoms with E-state index in [0.717, 1.165) is 31.0 Å². The van der Waals surface area contributed by atoms with E-state index in [1.807, 2.05) is 12.1 Å². The number of nitrogens with zero attached hydrogens (tertiary/aromatic N) is 1. The highest BCUT2D eigenvalue weighted by molar-refractivity contribution is 5.80. The fourth-order valence-corrected chi connectivity index (χ4v) is 3.74. The molecule has 1 aromatic rings. The second kappa shape index (κ2) is 5.47. The van der Waals surface area contributed by atoms with Crippen molar-refractivity contribution in [2.75, 3.05) is 18.0 Å². The summed E-state index contributed by atoms with van der Waals surface area (Å²) in [7, 11) is 0. The fraction of sp³-hybridized carbons (Fsp3) is 0.588. The van der Waals surface area contributed by atoms with Crippen molar-refractivity contribution >= 4 is 11.7 Å². The van der Waals surface area contributed by atoms with E-state index in [2.05, 4.69) is 11.0 Å². The maximum atomic E-state index is 11.3. The number of hydrogen-bond acceptors (Lipinski definition) is 2. The van der Waals surface area contributed by atoms with Crippen LogP contribution in [0.2, 0.25) is 0 Å². The van der Waals surface area contributed by atoms with E-state index in [4.69, 9.17) is 0 Å². The highest BCUT2D eigenvalue weighted by Crippen LogP contribution is 2.38. The zero-order valence-electron chi connectivity index (χ0n) is 12.1. The van der Waals surface area contributed by atoms with Crippen LogP contribution in [-0.2, 0) is 11.2 Å². The van der Waals surface area contributed by atoms with Crippen molar-refractivity contribution in [3.05, 3.63) is 29.3 Å². The Morgan fingerprint density at radius 3 is 2.85 bits per heavy atom. The van der Waals surface area contributed by atoms with E-state index >= 15 is 0 Å². The quantitative estimate of drug-likeness (QED) is 0.913. The first-order valence-corrected chi connectivity index (χ1v) is 7.76. The molecule has 1 aliphatic heterocycles. The van der Waals surface area contributed by atoms with Crippen LogP contribution in [0, 0.1) is 5.92 Å². The number of carboxylic acids is 1. The van der Waals surface area contributed by atoms with E-state index in [-0.39, 0.29) is 0 Å². The minimum Gasteiger partial charge on any atom is -0.481 e. The molecule has 0 bridgehead atoms. The number of aliphatic carboxylic acids is 1. The topological polar surface area (TPSA) is 40.5 Å². The molecule has 1 fully saturated rings. The molecule has 1 unspecified atom stereocenters. The van der Waals surface area contributed by atoms with Gasteiger partial charge in [0.25, 0.3) is 0 Å². The molecule has 0 aromatic heterocycles. The molecule has 1 heterocycles. The van der Waals surface area contributed by atoms with E-state index < -0.39 is 11.9 Å². The molecule has 1 saturated carbocycles. The Morgan fingerprint density at radius 1 is 1.40 bits per heavy atom. The average Bonchev–Trinajstić information content (AvgIpc) is 3.08. The van der Waals surface area contributed by atoms with Gasteiger partial charge in [-0.25, -0.2) is 0 Å². The van der Waals surface area contributed by atoms with Crippen molar-refractivity contribution in [2.45, 2.75) is 44.9 Å². The van der Waals surface area contributed by atoms with E-state index in [1.165, 1.54) is 36.9 Å². The highest BCUT2D eigenvalue weighted by atomic mass is 16.4. The van der Waals surface area contributed by atoms with Crippen molar-refractivity contribution in [1.82, 2.24) is 0 Å².